The Morgan fingerprint density at radius 2 is 2.04 bits per heavy atom. The van der Waals surface area contributed by atoms with Crippen LogP contribution in [-0.4, -0.2) is 50.8 Å². The van der Waals surface area contributed by atoms with Crippen molar-refractivity contribution in [3.8, 4) is 0 Å². The smallest absolute Gasteiger partial charge is 0.385 e. The normalized spacial score (nSPS) is 18.3. The SMILES string of the molecule is COCCCN1CC[C@H](CNC(=O)Nc2ccc(C(F)(F)F)cc2)C1. The highest BCUT2D eigenvalue weighted by Gasteiger charge is 2.30. The molecule has 0 saturated carbocycles. The summed E-state index contributed by atoms with van der Waals surface area (Å²) in [5.41, 5.74) is -0.406. The van der Waals surface area contributed by atoms with Crippen molar-refractivity contribution < 1.29 is 22.7 Å². The number of anilines is 1. The molecule has 25 heavy (non-hydrogen) atoms. The maximum Gasteiger partial charge on any atom is 0.416 e. The summed E-state index contributed by atoms with van der Waals surface area (Å²) in [6.07, 6.45) is -2.36. The molecular formula is C17H24F3N3O2. The topological polar surface area (TPSA) is 53.6 Å². The molecule has 0 aromatic heterocycles. The van der Waals surface area contributed by atoms with E-state index in [4.69, 9.17) is 4.74 Å². The zero-order chi connectivity index (χ0) is 18.3. The third kappa shape index (κ3) is 6.55. The first-order valence-corrected chi connectivity index (χ1v) is 8.32. The summed E-state index contributed by atoms with van der Waals surface area (Å²) in [6.45, 7) is 4.23. The molecule has 1 saturated heterocycles. The van der Waals surface area contributed by atoms with Gasteiger partial charge < -0.3 is 20.3 Å². The molecule has 1 aliphatic rings. The van der Waals surface area contributed by atoms with Crippen LogP contribution in [0.25, 0.3) is 0 Å². The van der Waals surface area contributed by atoms with E-state index in [9.17, 15) is 18.0 Å². The van der Waals surface area contributed by atoms with Crippen molar-refractivity contribution in [1.29, 1.82) is 0 Å². The summed E-state index contributed by atoms with van der Waals surface area (Å²) in [6, 6.07) is 3.98. The second-order valence-electron chi connectivity index (χ2n) is 6.21. The van der Waals surface area contributed by atoms with Crippen molar-refractivity contribution in [3.05, 3.63) is 29.8 Å². The molecule has 1 fully saturated rings. The van der Waals surface area contributed by atoms with Gasteiger partial charge in [0, 0.05) is 39.0 Å². The fourth-order valence-electron chi connectivity index (χ4n) is 2.87. The minimum atomic E-state index is -4.38. The first-order chi connectivity index (χ1) is 11.9. The Bertz CT molecular complexity index is 549. The number of methoxy groups -OCH3 is 1. The predicted octanol–water partition coefficient (Wildman–Crippen LogP) is 3.19. The Morgan fingerprint density at radius 1 is 1.32 bits per heavy atom. The highest BCUT2D eigenvalue weighted by atomic mass is 19.4. The van der Waals surface area contributed by atoms with Gasteiger partial charge in [0.25, 0.3) is 0 Å². The van der Waals surface area contributed by atoms with Crippen molar-refractivity contribution in [1.82, 2.24) is 10.2 Å². The summed E-state index contributed by atoms with van der Waals surface area (Å²) < 4.78 is 42.5. The van der Waals surface area contributed by atoms with Crippen molar-refractivity contribution in [3.63, 3.8) is 0 Å². The number of urea groups is 1. The van der Waals surface area contributed by atoms with E-state index in [0.717, 1.165) is 51.2 Å². The summed E-state index contributed by atoms with van der Waals surface area (Å²) in [7, 11) is 1.69. The summed E-state index contributed by atoms with van der Waals surface area (Å²) in [5, 5.41) is 5.33. The first-order valence-electron chi connectivity index (χ1n) is 8.32. The van der Waals surface area contributed by atoms with E-state index in [2.05, 4.69) is 15.5 Å². The van der Waals surface area contributed by atoms with Gasteiger partial charge in [-0.1, -0.05) is 0 Å². The van der Waals surface area contributed by atoms with E-state index in [1.165, 1.54) is 12.1 Å². The van der Waals surface area contributed by atoms with Crippen LogP contribution >= 0.6 is 0 Å². The molecule has 0 aliphatic carbocycles. The maximum atomic E-state index is 12.5. The van der Waals surface area contributed by atoms with Gasteiger partial charge in [-0.05, 0) is 49.6 Å². The van der Waals surface area contributed by atoms with Crippen molar-refractivity contribution in [2.24, 2.45) is 5.92 Å². The Hall–Kier alpha value is -1.80. The molecule has 2 rings (SSSR count). The van der Waals surface area contributed by atoms with Crippen LogP contribution in [0.3, 0.4) is 0 Å². The fourth-order valence-corrected chi connectivity index (χ4v) is 2.87. The van der Waals surface area contributed by atoms with Gasteiger partial charge in [-0.2, -0.15) is 13.2 Å². The van der Waals surface area contributed by atoms with Gasteiger partial charge in [0.15, 0.2) is 0 Å². The van der Waals surface area contributed by atoms with Gasteiger partial charge in [-0.15, -0.1) is 0 Å². The van der Waals surface area contributed by atoms with Crippen LogP contribution in [0.4, 0.5) is 23.7 Å². The number of amides is 2. The number of carbonyl (C=O) groups excluding carboxylic acids is 1. The number of nitrogens with one attached hydrogen (secondary N) is 2. The lowest BCUT2D eigenvalue weighted by molar-refractivity contribution is -0.137. The van der Waals surface area contributed by atoms with Gasteiger partial charge in [0.05, 0.1) is 5.56 Å². The Morgan fingerprint density at radius 3 is 2.68 bits per heavy atom. The lowest BCUT2D eigenvalue weighted by Gasteiger charge is -2.16. The molecule has 140 valence electrons. The lowest BCUT2D eigenvalue weighted by Crippen LogP contribution is -2.34. The van der Waals surface area contributed by atoms with Crippen LogP contribution < -0.4 is 10.6 Å². The molecule has 0 spiro atoms. The van der Waals surface area contributed by atoms with Gasteiger partial charge in [0.2, 0.25) is 0 Å². The average Bonchev–Trinajstić information content (AvgIpc) is 3.01. The Labute approximate surface area is 145 Å². The van der Waals surface area contributed by atoms with Gasteiger partial charge in [-0.25, -0.2) is 4.79 Å². The summed E-state index contributed by atoms with van der Waals surface area (Å²) in [5.74, 6) is 0.390. The van der Waals surface area contributed by atoms with Crippen molar-refractivity contribution in [2.75, 3.05) is 45.2 Å². The number of hydrogen-bond donors (Lipinski definition) is 2. The number of halogens is 3. The van der Waals surface area contributed by atoms with Crippen LogP contribution in [0.15, 0.2) is 24.3 Å². The first kappa shape index (κ1) is 19.5. The number of likely N-dealkylation sites (tertiary alicyclic amines) is 1. The van der Waals surface area contributed by atoms with E-state index in [1.54, 1.807) is 7.11 Å². The van der Waals surface area contributed by atoms with E-state index >= 15 is 0 Å². The van der Waals surface area contributed by atoms with Crippen LogP contribution in [0.5, 0.6) is 0 Å². The van der Waals surface area contributed by atoms with Gasteiger partial charge >= 0.3 is 12.2 Å². The lowest BCUT2D eigenvalue weighted by atomic mass is 10.1. The summed E-state index contributed by atoms with van der Waals surface area (Å²) >= 11 is 0. The second-order valence-corrected chi connectivity index (χ2v) is 6.21. The highest BCUT2D eigenvalue weighted by molar-refractivity contribution is 5.89. The summed E-state index contributed by atoms with van der Waals surface area (Å²) in [4.78, 5) is 14.2. The highest BCUT2D eigenvalue weighted by Crippen LogP contribution is 2.29. The number of carbonyl (C=O) groups is 1. The van der Waals surface area contributed by atoms with E-state index in [1.807, 2.05) is 0 Å². The molecule has 1 heterocycles. The van der Waals surface area contributed by atoms with E-state index < -0.39 is 17.8 Å². The monoisotopic (exact) mass is 359 g/mol. The molecule has 8 heteroatoms. The molecule has 2 N–H and O–H groups in total. The van der Waals surface area contributed by atoms with Crippen LogP contribution in [0.1, 0.15) is 18.4 Å². The standard InChI is InChI=1S/C17H24F3N3O2/c1-25-10-2-8-23-9-7-13(12-23)11-21-16(24)22-15-5-3-14(4-6-15)17(18,19)20/h3-6,13H,2,7-12H2,1H3,(H2,21,22,24)/t13-/m1/s1. The number of hydrogen-bond acceptors (Lipinski definition) is 3. The Balaban J connectivity index is 1.69. The van der Waals surface area contributed by atoms with E-state index in [-0.39, 0.29) is 0 Å². The Kier molecular flexibility index (Phi) is 7.07. The third-order valence-electron chi connectivity index (χ3n) is 4.21. The van der Waals surface area contributed by atoms with Crippen molar-refractivity contribution in [2.45, 2.75) is 19.0 Å². The molecule has 1 atom stereocenters. The zero-order valence-corrected chi connectivity index (χ0v) is 14.2. The van der Waals surface area contributed by atoms with Crippen LogP contribution in [0, 0.1) is 5.92 Å². The van der Waals surface area contributed by atoms with E-state index in [0.29, 0.717) is 18.2 Å². The van der Waals surface area contributed by atoms with Crippen LogP contribution in [0.2, 0.25) is 0 Å². The van der Waals surface area contributed by atoms with Gasteiger partial charge in [0.1, 0.15) is 0 Å². The minimum absolute atomic E-state index is 0.332. The third-order valence-corrected chi connectivity index (χ3v) is 4.21. The van der Waals surface area contributed by atoms with Crippen molar-refractivity contribution >= 4 is 11.7 Å². The number of benzene rings is 1. The molecule has 0 radical (unpaired) electrons. The number of rotatable bonds is 7. The molecule has 1 aromatic carbocycles. The van der Waals surface area contributed by atoms with Crippen LogP contribution in [-0.2, 0) is 10.9 Å². The largest absolute Gasteiger partial charge is 0.416 e. The molecule has 2 amide bonds. The predicted molar refractivity (Wildman–Crippen MR) is 89.5 cm³/mol. The van der Waals surface area contributed by atoms with Gasteiger partial charge in [-0.3, -0.25) is 0 Å². The second kappa shape index (κ2) is 9.05. The zero-order valence-electron chi connectivity index (χ0n) is 14.2. The molecule has 0 bridgehead atoms. The maximum absolute atomic E-state index is 12.5. The molecular weight excluding hydrogens is 335 g/mol. The number of alkyl halides is 3. The molecule has 0 unspecified atom stereocenters. The number of ether oxygens (including phenoxy) is 1. The molecule has 5 nitrogen and oxygen atoms in total. The molecule has 1 aromatic rings. The fraction of sp³-hybridized carbons (Fsp3) is 0.588. The number of nitrogens with zero attached hydrogens (tertiary/aromatic N) is 1. The minimum Gasteiger partial charge on any atom is -0.385 e. The average molecular weight is 359 g/mol. The molecule has 1 aliphatic heterocycles. The quantitative estimate of drug-likeness (QED) is 0.735.